The predicted octanol–water partition coefficient (Wildman–Crippen LogP) is 0.476. The summed E-state index contributed by atoms with van der Waals surface area (Å²) in [6.45, 7) is 0.154. The molecule has 0 heterocycles. The van der Waals surface area contributed by atoms with Crippen molar-refractivity contribution in [2.24, 2.45) is 5.73 Å². The van der Waals surface area contributed by atoms with Gasteiger partial charge in [-0.15, -0.1) is 0 Å². The Morgan fingerprint density at radius 1 is 1.29 bits per heavy atom. The smallest absolute Gasteiger partial charge is 0.250 e. The molecule has 1 fully saturated rings. The summed E-state index contributed by atoms with van der Waals surface area (Å²) >= 11 is 0. The third-order valence-corrected chi connectivity index (χ3v) is 2.57. The number of para-hydroxylation sites is 1. The van der Waals surface area contributed by atoms with Crippen molar-refractivity contribution >= 4 is 17.5 Å². The number of amides is 2. The Bertz CT molecular complexity index is 441. The molecule has 0 saturated heterocycles. The average molecular weight is 233 g/mol. The van der Waals surface area contributed by atoms with E-state index in [1.54, 1.807) is 24.3 Å². The summed E-state index contributed by atoms with van der Waals surface area (Å²) in [4.78, 5) is 22.6. The van der Waals surface area contributed by atoms with Gasteiger partial charge in [-0.1, -0.05) is 12.1 Å². The number of nitrogens with two attached hydrogens (primary N) is 1. The van der Waals surface area contributed by atoms with E-state index in [1.807, 2.05) is 0 Å². The first-order valence-corrected chi connectivity index (χ1v) is 5.59. The number of hydrogen-bond donors (Lipinski definition) is 3. The van der Waals surface area contributed by atoms with Crippen LogP contribution in [0.3, 0.4) is 0 Å². The lowest BCUT2D eigenvalue weighted by atomic mass is 10.1. The molecule has 0 unspecified atom stereocenters. The fourth-order valence-corrected chi connectivity index (χ4v) is 1.53. The minimum absolute atomic E-state index is 0.0632. The van der Waals surface area contributed by atoms with Crippen LogP contribution >= 0.6 is 0 Å². The molecule has 1 aliphatic carbocycles. The Morgan fingerprint density at radius 3 is 2.65 bits per heavy atom. The zero-order valence-corrected chi connectivity index (χ0v) is 9.40. The van der Waals surface area contributed by atoms with E-state index >= 15 is 0 Å². The van der Waals surface area contributed by atoms with Crippen molar-refractivity contribution in [3.8, 4) is 0 Å². The molecule has 1 aliphatic rings. The number of carbonyl (C=O) groups is 2. The van der Waals surface area contributed by atoms with Crippen molar-refractivity contribution < 1.29 is 9.59 Å². The third kappa shape index (κ3) is 3.21. The van der Waals surface area contributed by atoms with Crippen LogP contribution in [0.25, 0.3) is 0 Å². The van der Waals surface area contributed by atoms with E-state index in [9.17, 15) is 9.59 Å². The van der Waals surface area contributed by atoms with Crippen molar-refractivity contribution in [3.05, 3.63) is 29.8 Å². The van der Waals surface area contributed by atoms with Gasteiger partial charge >= 0.3 is 0 Å². The van der Waals surface area contributed by atoms with Crippen LogP contribution in [0.1, 0.15) is 23.2 Å². The van der Waals surface area contributed by atoms with Gasteiger partial charge in [-0.2, -0.15) is 0 Å². The highest BCUT2D eigenvalue weighted by Gasteiger charge is 2.22. The molecule has 2 amide bonds. The third-order valence-electron chi connectivity index (χ3n) is 2.57. The first-order valence-electron chi connectivity index (χ1n) is 5.59. The zero-order valence-electron chi connectivity index (χ0n) is 9.40. The zero-order chi connectivity index (χ0) is 12.3. The van der Waals surface area contributed by atoms with Crippen LogP contribution in [0.4, 0.5) is 5.69 Å². The van der Waals surface area contributed by atoms with Crippen molar-refractivity contribution in [2.45, 2.75) is 18.9 Å². The van der Waals surface area contributed by atoms with Gasteiger partial charge in [0.25, 0.3) is 5.91 Å². The van der Waals surface area contributed by atoms with Gasteiger partial charge in [-0.05, 0) is 25.0 Å². The predicted molar refractivity (Wildman–Crippen MR) is 64.6 cm³/mol. The highest BCUT2D eigenvalue weighted by Crippen LogP contribution is 2.18. The standard InChI is InChI=1S/C12H15N3O2/c13-12(17)9-3-1-2-4-10(9)14-7-11(16)15-8-5-6-8/h1-4,8,14H,5-7H2,(H2,13,17)(H,15,16). The van der Waals surface area contributed by atoms with Crippen LogP contribution in [0.5, 0.6) is 0 Å². The van der Waals surface area contributed by atoms with Crippen LogP contribution in [-0.4, -0.2) is 24.4 Å². The second-order valence-corrected chi connectivity index (χ2v) is 4.11. The van der Waals surface area contributed by atoms with Crippen LogP contribution in [0, 0.1) is 0 Å². The molecule has 5 heteroatoms. The van der Waals surface area contributed by atoms with Crippen molar-refractivity contribution in [1.29, 1.82) is 0 Å². The number of rotatable bonds is 5. The van der Waals surface area contributed by atoms with Gasteiger partial charge in [0.05, 0.1) is 12.1 Å². The molecule has 2 rings (SSSR count). The summed E-state index contributed by atoms with van der Waals surface area (Å²) in [5.74, 6) is -0.567. The molecular weight excluding hydrogens is 218 g/mol. The number of anilines is 1. The molecule has 0 spiro atoms. The van der Waals surface area contributed by atoms with Crippen LogP contribution in [0.2, 0.25) is 0 Å². The minimum Gasteiger partial charge on any atom is -0.376 e. The van der Waals surface area contributed by atoms with Gasteiger partial charge in [-0.25, -0.2) is 0 Å². The van der Waals surface area contributed by atoms with Gasteiger partial charge in [0.2, 0.25) is 5.91 Å². The van der Waals surface area contributed by atoms with Crippen molar-refractivity contribution in [1.82, 2.24) is 5.32 Å². The Labute approximate surface area is 99.4 Å². The van der Waals surface area contributed by atoms with E-state index in [-0.39, 0.29) is 12.5 Å². The first kappa shape index (κ1) is 11.4. The molecule has 0 atom stereocenters. The maximum atomic E-state index is 11.5. The Kier molecular flexibility index (Phi) is 3.27. The molecular formula is C12H15N3O2. The highest BCUT2D eigenvalue weighted by molar-refractivity contribution is 5.99. The van der Waals surface area contributed by atoms with Gasteiger partial charge in [0, 0.05) is 11.7 Å². The average Bonchev–Trinajstić information content (AvgIpc) is 3.10. The lowest BCUT2D eigenvalue weighted by molar-refractivity contribution is -0.119. The molecule has 0 bridgehead atoms. The molecule has 0 aliphatic heterocycles. The summed E-state index contributed by atoms with van der Waals surface area (Å²) in [5, 5.41) is 5.77. The summed E-state index contributed by atoms with van der Waals surface area (Å²) in [7, 11) is 0. The summed E-state index contributed by atoms with van der Waals surface area (Å²) in [5.41, 5.74) is 6.22. The maximum Gasteiger partial charge on any atom is 0.250 e. The second-order valence-electron chi connectivity index (χ2n) is 4.11. The molecule has 0 radical (unpaired) electrons. The Morgan fingerprint density at radius 2 is 2.00 bits per heavy atom. The number of benzene rings is 1. The number of nitrogens with one attached hydrogen (secondary N) is 2. The molecule has 1 aromatic carbocycles. The molecule has 90 valence electrons. The fourth-order valence-electron chi connectivity index (χ4n) is 1.53. The molecule has 1 aromatic rings. The minimum atomic E-state index is -0.504. The molecule has 1 saturated carbocycles. The van der Waals surface area contributed by atoms with E-state index in [1.165, 1.54) is 0 Å². The highest BCUT2D eigenvalue weighted by atomic mass is 16.2. The first-order chi connectivity index (χ1) is 8.16. The van der Waals surface area contributed by atoms with Crippen molar-refractivity contribution in [2.75, 3.05) is 11.9 Å². The van der Waals surface area contributed by atoms with E-state index in [2.05, 4.69) is 10.6 Å². The fraction of sp³-hybridized carbons (Fsp3) is 0.333. The van der Waals surface area contributed by atoms with E-state index in [4.69, 9.17) is 5.73 Å². The molecule has 17 heavy (non-hydrogen) atoms. The van der Waals surface area contributed by atoms with E-state index in [0.717, 1.165) is 12.8 Å². The largest absolute Gasteiger partial charge is 0.376 e. The van der Waals surface area contributed by atoms with Gasteiger partial charge in [0.1, 0.15) is 0 Å². The second kappa shape index (κ2) is 4.86. The lowest BCUT2D eigenvalue weighted by Crippen LogP contribution is -2.31. The van der Waals surface area contributed by atoms with Gasteiger partial charge in [-0.3, -0.25) is 9.59 Å². The monoisotopic (exact) mass is 233 g/mol. The number of primary amides is 1. The van der Waals surface area contributed by atoms with Crippen LogP contribution < -0.4 is 16.4 Å². The van der Waals surface area contributed by atoms with Crippen LogP contribution in [-0.2, 0) is 4.79 Å². The Hall–Kier alpha value is -2.04. The topological polar surface area (TPSA) is 84.2 Å². The normalized spacial score (nSPS) is 14.1. The number of carbonyl (C=O) groups excluding carboxylic acids is 2. The molecule has 5 nitrogen and oxygen atoms in total. The van der Waals surface area contributed by atoms with Crippen LogP contribution in [0.15, 0.2) is 24.3 Å². The number of hydrogen-bond acceptors (Lipinski definition) is 3. The summed E-state index contributed by atoms with van der Waals surface area (Å²) in [6, 6.07) is 7.22. The van der Waals surface area contributed by atoms with E-state index < -0.39 is 5.91 Å². The van der Waals surface area contributed by atoms with Crippen molar-refractivity contribution in [3.63, 3.8) is 0 Å². The van der Waals surface area contributed by atoms with E-state index in [0.29, 0.717) is 17.3 Å². The summed E-state index contributed by atoms with van der Waals surface area (Å²) < 4.78 is 0. The quantitative estimate of drug-likeness (QED) is 0.691. The molecule has 0 aromatic heterocycles. The van der Waals surface area contributed by atoms with Gasteiger partial charge < -0.3 is 16.4 Å². The molecule has 4 N–H and O–H groups in total. The summed E-state index contributed by atoms with van der Waals surface area (Å²) in [6.07, 6.45) is 2.12. The van der Waals surface area contributed by atoms with Gasteiger partial charge in [0.15, 0.2) is 0 Å². The lowest BCUT2D eigenvalue weighted by Gasteiger charge is -2.09. The Balaban J connectivity index is 1.93. The maximum absolute atomic E-state index is 11.5. The SMILES string of the molecule is NC(=O)c1ccccc1NCC(=O)NC1CC1.